The lowest BCUT2D eigenvalue weighted by Crippen LogP contribution is -2.32. The quantitative estimate of drug-likeness (QED) is 0.760. The van der Waals surface area contributed by atoms with Crippen LogP contribution in [-0.2, 0) is 0 Å². The Kier molecular flexibility index (Phi) is 4.59. The molecule has 1 aliphatic rings. The molecular formula is C18H18N4OS2. The van der Waals surface area contributed by atoms with Crippen LogP contribution in [0.4, 0.5) is 11.4 Å². The van der Waals surface area contributed by atoms with Gasteiger partial charge < -0.3 is 10.2 Å². The normalized spacial score (nSPS) is 14.7. The average molecular weight is 371 g/mol. The second kappa shape index (κ2) is 7.01. The summed E-state index contributed by atoms with van der Waals surface area (Å²) >= 11 is 3.35. The van der Waals surface area contributed by atoms with Crippen LogP contribution in [0, 0.1) is 6.92 Å². The smallest absolute Gasteiger partial charge is 0.257 e. The fourth-order valence-corrected chi connectivity index (χ4v) is 4.48. The first kappa shape index (κ1) is 16.4. The van der Waals surface area contributed by atoms with E-state index in [4.69, 9.17) is 0 Å². The summed E-state index contributed by atoms with van der Waals surface area (Å²) in [5.41, 5.74) is 3.46. The molecule has 7 heteroatoms. The first-order valence-corrected chi connectivity index (χ1v) is 10.1. The van der Waals surface area contributed by atoms with Crippen LogP contribution in [0.3, 0.4) is 0 Å². The molecule has 1 aliphatic heterocycles. The van der Waals surface area contributed by atoms with Crippen molar-refractivity contribution in [3.05, 3.63) is 47.8 Å². The minimum absolute atomic E-state index is 0.151. The second-order valence-corrected chi connectivity index (χ2v) is 7.92. The van der Waals surface area contributed by atoms with Crippen molar-refractivity contribution in [3.63, 3.8) is 0 Å². The van der Waals surface area contributed by atoms with Crippen molar-refractivity contribution in [1.82, 2.24) is 9.36 Å². The number of pyridine rings is 1. The summed E-state index contributed by atoms with van der Waals surface area (Å²) in [5.74, 6) is 2.19. The van der Waals surface area contributed by atoms with Gasteiger partial charge in [0, 0.05) is 47.6 Å². The molecule has 1 saturated heterocycles. The van der Waals surface area contributed by atoms with E-state index in [-0.39, 0.29) is 5.91 Å². The van der Waals surface area contributed by atoms with E-state index in [9.17, 15) is 4.79 Å². The minimum Gasteiger partial charge on any atom is -0.370 e. The molecule has 0 bridgehead atoms. The van der Waals surface area contributed by atoms with E-state index in [0.717, 1.165) is 34.7 Å². The number of amides is 1. The molecular weight excluding hydrogens is 352 g/mol. The number of hydrogen-bond acceptors (Lipinski definition) is 6. The van der Waals surface area contributed by atoms with Crippen LogP contribution in [0.1, 0.15) is 16.1 Å². The van der Waals surface area contributed by atoms with Crippen LogP contribution in [-0.4, -0.2) is 39.9 Å². The number of aryl methyl sites for hydroxylation is 1. The third-order valence-electron chi connectivity index (χ3n) is 4.27. The van der Waals surface area contributed by atoms with Gasteiger partial charge in [-0.05, 0) is 48.8 Å². The Labute approximate surface area is 154 Å². The van der Waals surface area contributed by atoms with Crippen molar-refractivity contribution in [3.8, 4) is 0 Å². The molecule has 0 aliphatic carbocycles. The van der Waals surface area contributed by atoms with Crippen molar-refractivity contribution in [1.29, 1.82) is 0 Å². The number of anilines is 2. The number of carbonyl (C=O) groups is 1. The Bertz CT molecular complexity index is 901. The molecule has 1 aromatic carbocycles. The second-order valence-electron chi connectivity index (χ2n) is 5.95. The van der Waals surface area contributed by atoms with Gasteiger partial charge in [0.2, 0.25) is 0 Å². The van der Waals surface area contributed by atoms with Crippen LogP contribution in [0.2, 0.25) is 0 Å². The number of hydrogen-bond donors (Lipinski definition) is 1. The highest BCUT2D eigenvalue weighted by Gasteiger charge is 2.13. The molecule has 25 heavy (non-hydrogen) atoms. The van der Waals surface area contributed by atoms with E-state index >= 15 is 0 Å². The first-order chi connectivity index (χ1) is 12.2. The first-order valence-electron chi connectivity index (χ1n) is 8.17. The topological polar surface area (TPSA) is 58.1 Å². The number of benzene rings is 1. The molecule has 0 spiro atoms. The largest absolute Gasteiger partial charge is 0.370 e. The molecule has 1 amide bonds. The van der Waals surface area contributed by atoms with Crippen molar-refractivity contribution in [2.45, 2.75) is 6.92 Å². The van der Waals surface area contributed by atoms with E-state index in [1.165, 1.54) is 28.7 Å². The van der Waals surface area contributed by atoms with Crippen molar-refractivity contribution in [2.75, 3.05) is 34.8 Å². The molecule has 4 rings (SSSR count). The molecule has 0 saturated carbocycles. The highest BCUT2D eigenvalue weighted by Crippen LogP contribution is 2.23. The fraction of sp³-hybridized carbons (Fsp3) is 0.278. The van der Waals surface area contributed by atoms with Gasteiger partial charge in [0.05, 0.1) is 11.3 Å². The summed E-state index contributed by atoms with van der Waals surface area (Å²) in [6.07, 6.45) is 1.61. The molecule has 3 aromatic rings. The maximum absolute atomic E-state index is 12.5. The molecule has 2 aromatic heterocycles. The third kappa shape index (κ3) is 3.48. The zero-order valence-corrected chi connectivity index (χ0v) is 15.5. The van der Waals surface area contributed by atoms with E-state index in [2.05, 4.69) is 31.7 Å². The molecule has 1 N–H and O–H groups in total. The maximum Gasteiger partial charge on any atom is 0.257 e. The Morgan fingerprint density at radius 1 is 1.20 bits per heavy atom. The Morgan fingerprint density at radius 2 is 1.96 bits per heavy atom. The molecule has 0 radical (unpaired) electrons. The molecule has 128 valence electrons. The summed E-state index contributed by atoms with van der Waals surface area (Å²) in [6.45, 7) is 4.09. The number of nitrogens with zero attached hydrogens (tertiary/aromatic N) is 3. The SMILES string of the molecule is Cc1nsc2ncc(C(=O)Nc3ccc(N4CCSCC4)cc3)cc12. The van der Waals surface area contributed by atoms with Crippen LogP contribution in [0.15, 0.2) is 36.5 Å². The lowest BCUT2D eigenvalue weighted by Gasteiger charge is -2.28. The van der Waals surface area contributed by atoms with Gasteiger partial charge in [-0.25, -0.2) is 4.98 Å². The standard InChI is InChI=1S/C18H18N4OS2/c1-12-16-10-13(11-19-18(16)25-21-12)17(23)20-14-2-4-15(5-3-14)22-6-8-24-9-7-22/h2-5,10-11H,6-9H2,1H3,(H,20,23). The van der Waals surface area contributed by atoms with Gasteiger partial charge in [-0.3, -0.25) is 4.79 Å². The number of thioether (sulfide) groups is 1. The molecule has 0 unspecified atom stereocenters. The number of rotatable bonds is 3. The molecule has 1 fully saturated rings. The number of carbonyl (C=O) groups excluding carboxylic acids is 1. The van der Waals surface area contributed by atoms with E-state index in [0.29, 0.717) is 5.56 Å². The van der Waals surface area contributed by atoms with Gasteiger partial charge in [0.15, 0.2) is 0 Å². The zero-order valence-electron chi connectivity index (χ0n) is 13.9. The van der Waals surface area contributed by atoms with Gasteiger partial charge in [0.25, 0.3) is 5.91 Å². The highest BCUT2D eigenvalue weighted by molar-refractivity contribution is 7.99. The number of nitrogens with one attached hydrogen (secondary N) is 1. The minimum atomic E-state index is -0.151. The predicted molar refractivity (Wildman–Crippen MR) is 106 cm³/mol. The summed E-state index contributed by atoms with van der Waals surface area (Å²) < 4.78 is 4.28. The van der Waals surface area contributed by atoms with Crippen molar-refractivity contribution in [2.24, 2.45) is 0 Å². The lowest BCUT2D eigenvalue weighted by molar-refractivity contribution is 0.102. The third-order valence-corrected chi connectivity index (χ3v) is 6.08. The van der Waals surface area contributed by atoms with Crippen LogP contribution < -0.4 is 10.2 Å². The highest BCUT2D eigenvalue weighted by atomic mass is 32.2. The van der Waals surface area contributed by atoms with Crippen LogP contribution >= 0.6 is 23.3 Å². The zero-order chi connectivity index (χ0) is 17.2. The van der Waals surface area contributed by atoms with Gasteiger partial charge in [0.1, 0.15) is 4.83 Å². The van der Waals surface area contributed by atoms with Crippen molar-refractivity contribution >= 4 is 50.8 Å². The summed E-state index contributed by atoms with van der Waals surface area (Å²) in [6, 6.07) is 9.91. The fourth-order valence-electron chi connectivity index (χ4n) is 2.85. The summed E-state index contributed by atoms with van der Waals surface area (Å²) in [4.78, 5) is 20.1. The molecule has 5 nitrogen and oxygen atoms in total. The van der Waals surface area contributed by atoms with Gasteiger partial charge in [-0.1, -0.05) is 0 Å². The van der Waals surface area contributed by atoms with Crippen LogP contribution in [0.25, 0.3) is 10.2 Å². The van der Waals surface area contributed by atoms with E-state index in [1.54, 1.807) is 6.20 Å². The predicted octanol–water partition coefficient (Wildman–Crippen LogP) is 3.81. The Balaban J connectivity index is 1.48. The average Bonchev–Trinajstić information content (AvgIpc) is 3.03. The van der Waals surface area contributed by atoms with E-state index in [1.807, 2.05) is 36.9 Å². The van der Waals surface area contributed by atoms with Gasteiger partial charge >= 0.3 is 0 Å². The number of fused-ring (bicyclic) bond motifs is 1. The lowest BCUT2D eigenvalue weighted by atomic mass is 10.2. The van der Waals surface area contributed by atoms with Crippen molar-refractivity contribution < 1.29 is 4.79 Å². The molecule has 3 heterocycles. The number of aromatic nitrogens is 2. The van der Waals surface area contributed by atoms with Gasteiger partial charge in [-0.15, -0.1) is 0 Å². The van der Waals surface area contributed by atoms with Gasteiger partial charge in [-0.2, -0.15) is 16.1 Å². The van der Waals surface area contributed by atoms with E-state index < -0.39 is 0 Å². The summed E-state index contributed by atoms with van der Waals surface area (Å²) in [5, 5.41) is 3.89. The van der Waals surface area contributed by atoms with Crippen LogP contribution in [0.5, 0.6) is 0 Å². The Morgan fingerprint density at radius 3 is 2.72 bits per heavy atom. The monoisotopic (exact) mass is 370 g/mol. The molecule has 0 atom stereocenters. The maximum atomic E-state index is 12.5. The summed E-state index contributed by atoms with van der Waals surface area (Å²) in [7, 11) is 0. The Hall–Kier alpha value is -2.12.